The highest BCUT2D eigenvalue weighted by Gasteiger charge is 2.34. The first-order chi connectivity index (χ1) is 9.40. The van der Waals surface area contributed by atoms with E-state index >= 15 is 0 Å². The topological polar surface area (TPSA) is 26.3 Å². The van der Waals surface area contributed by atoms with Crippen LogP contribution in [0.3, 0.4) is 0 Å². The van der Waals surface area contributed by atoms with Gasteiger partial charge in [-0.1, -0.05) is 0 Å². The monoisotopic (exact) mass is 364 g/mol. The molecule has 7 heteroatoms. The van der Waals surface area contributed by atoms with E-state index in [0.717, 1.165) is 20.8 Å². The Hall–Kier alpha value is -1.34. The Kier molecular flexibility index (Phi) is 4.49. The predicted molar refractivity (Wildman–Crippen MR) is 73.2 cm³/mol. The highest BCUT2D eigenvalue weighted by atomic mass is 79.9. The van der Waals surface area contributed by atoms with Gasteiger partial charge in [0.15, 0.2) is 0 Å². The van der Waals surface area contributed by atoms with Crippen molar-refractivity contribution in [3.05, 3.63) is 50.1 Å². The maximum atomic E-state index is 12.9. The number of hydrogen-bond acceptors (Lipinski definition) is 3. The van der Waals surface area contributed by atoms with Gasteiger partial charge in [-0.2, -0.15) is 13.2 Å². The molecule has 106 valence electrons. The molecule has 20 heavy (non-hydrogen) atoms. The van der Waals surface area contributed by atoms with E-state index in [1.165, 1.54) is 17.4 Å². The van der Waals surface area contributed by atoms with Crippen LogP contribution in [0, 0.1) is 0 Å². The van der Waals surface area contributed by atoms with E-state index < -0.39 is 11.7 Å². The van der Waals surface area contributed by atoms with Gasteiger partial charge in [-0.3, -0.25) is 4.79 Å². The average molecular weight is 365 g/mol. The molecule has 0 bridgehead atoms. The smallest absolute Gasteiger partial charge is 0.419 e. The van der Waals surface area contributed by atoms with Crippen molar-refractivity contribution < 1.29 is 22.7 Å². The Labute approximate surface area is 125 Å². The molecule has 2 aromatic rings. The maximum absolute atomic E-state index is 12.9. The van der Waals surface area contributed by atoms with E-state index in [-0.39, 0.29) is 17.9 Å². The van der Waals surface area contributed by atoms with E-state index in [4.69, 9.17) is 4.74 Å². The highest BCUT2D eigenvalue weighted by Crippen LogP contribution is 2.37. The Morgan fingerprint density at radius 2 is 2.00 bits per heavy atom. The molecule has 1 aromatic heterocycles. The number of alkyl halides is 3. The Morgan fingerprint density at radius 1 is 1.25 bits per heavy atom. The largest absolute Gasteiger partial charge is 0.487 e. The van der Waals surface area contributed by atoms with Crippen molar-refractivity contribution in [2.45, 2.75) is 12.8 Å². The second-order valence-corrected chi connectivity index (χ2v) is 6.41. The lowest BCUT2D eigenvalue weighted by atomic mass is 10.1. The zero-order chi connectivity index (χ0) is 14.8. The summed E-state index contributed by atoms with van der Waals surface area (Å²) >= 11 is 4.65. The zero-order valence-corrected chi connectivity index (χ0v) is 12.3. The predicted octanol–water partition coefficient (Wildman–Crippen LogP) is 4.92. The molecule has 2 nitrogen and oxygen atoms in total. The Balaban J connectivity index is 2.24. The first-order valence-corrected chi connectivity index (χ1v) is 7.04. The van der Waals surface area contributed by atoms with Crippen molar-refractivity contribution in [1.29, 1.82) is 0 Å². The van der Waals surface area contributed by atoms with Crippen LogP contribution in [0.4, 0.5) is 13.2 Å². The lowest BCUT2D eigenvalue weighted by molar-refractivity contribution is -0.139. The van der Waals surface area contributed by atoms with Crippen molar-refractivity contribution in [2.75, 3.05) is 0 Å². The number of hydrogen-bond donors (Lipinski definition) is 0. The second kappa shape index (κ2) is 5.97. The summed E-state index contributed by atoms with van der Waals surface area (Å²) in [5.74, 6) is -0.285. The van der Waals surface area contributed by atoms with Crippen LogP contribution in [0.5, 0.6) is 5.75 Å². The highest BCUT2D eigenvalue weighted by molar-refractivity contribution is 9.11. The van der Waals surface area contributed by atoms with Gasteiger partial charge in [0, 0.05) is 10.4 Å². The molecule has 0 amide bonds. The lowest BCUT2D eigenvalue weighted by Crippen LogP contribution is -2.09. The third kappa shape index (κ3) is 3.61. The van der Waals surface area contributed by atoms with Gasteiger partial charge < -0.3 is 4.74 Å². The molecule has 1 aromatic carbocycles. The van der Waals surface area contributed by atoms with Gasteiger partial charge in [0.1, 0.15) is 18.6 Å². The molecule has 0 spiro atoms. The third-order valence-corrected chi connectivity index (χ3v) is 4.04. The van der Waals surface area contributed by atoms with Gasteiger partial charge in [-0.15, -0.1) is 11.3 Å². The fourth-order valence-corrected chi connectivity index (χ4v) is 2.94. The standard InChI is InChI=1S/C13H8BrF3O2S/c14-12-4-2-9(20-12)7-19-11-3-1-8(6-18)5-10(11)13(15,16)17/h1-6H,7H2. The van der Waals surface area contributed by atoms with Crippen LogP contribution in [0.1, 0.15) is 20.8 Å². The summed E-state index contributed by atoms with van der Waals surface area (Å²) in [6, 6.07) is 6.80. The summed E-state index contributed by atoms with van der Waals surface area (Å²) in [5.41, 5.74) is -0.985. The zero-order valence-electron chi connectivity index (χ0n) is 9.91. The van der Waals surface area contributed by atoms with E-state index in [2.05, 4.69) is 15.9 Å². The first-order valence-electron chi connectivity index (χ1n) is 5.43. The summed E-state index contributed by atoms with van der Waals surface area (Å²) in [7, 11) is 0. The quantitative estimate of drug-likeness (QED) is 0.719. The molecule has 1 heterocycles. The molecule has 0 N–H and O–H groups in total. The van der Waals surface area contributed by atoms with Gasteiger partial charge in [-0.25, -0.2) is 0 Å². The number of aldehydes is 1. The van der Waals surface area contributed by atoms with E-state index in [9.17, 15) is 18.0 Å². The summed E-state index contributed by atoms with van der Waals surface area (Å²) in [4.78, 5) is 11.4. The van der Waals surface area contributed by atoms with E-state index in [1.54, 1.807) is 12.1 Å². The summed E-state index contributed by atoms with van der Waals surface area (Å²) in [6.07, 6.45) is -4.19. The minimum absolute atomic E-state index is 0.0384. The van der Waals surface area contributed by atoms with Crippen LogP contribution < -0.4 is 4.74 Å². The van der Waals surface area contributed by atoms with Crippen molar-refractivity contribution in [3.8, 4) is 5.75 Å². The molecule has 0 aliphatic carbocycles. The summed E-state index contributed by atoms with van der Waals surface area (Å²) in [5, 5.41) is 0. The molecule has 2 rings (SSSR count). The molecule has 0 aliphatic heterocycles. The first kappa shape index (κ1) is 15.1. The van der Waals surface area contributed by atoms with Gasteiger partial charge in [-0.05, 0) is 46.3 Å². The number of carbonyl (C=O) groups is 1. The van der Waals surface area contributed by atoms with Gasteiger partial charge >= 0.3 is 6.18 Å². The molecule has 0 aliphatic rings. The van der Waals surface area contributed by atoms with Crippen LogP contribution in [0.15, 0.2) is 34.1 Å². The third-order valence-electron chi connectivity index (χ3n) is 2.44. The van der Waals surface area contributed by atoms with Crippen molar-refractivity contribution in [1.82, 2.24) is 0 Å². The number of ether oxygens (including phenoxy) is 1. The maximum Gasteiger partial charge on any atom is 0.419 e. The second-order valence-electron chi connectivity index (χ2n) is 3.87. The van der Waals surface area contributed by atoms with Crippen LogP contribution in [-0.2, 0) is 12.8 Å². The number of halogens is 4. The van der Waals surface area contributed by atoms with Gasteiger partial charge in [0.2, 0.25) is 0 Å². The number of carbonyl (C=O) groups excluding carboxylic acids is 1. The van der Waals surface area contributed by atoms with Crippen LogP contribution in [0.25, 0.3) is 0 Å². The normalized spacial score (nSPS) is 11.4. The molecule has 0 saturated heterocycles. The fourth-order valence-electron chi connectivity index (χ4n) is 1.55. The van der Waals surface area contributed by atoms with Crippen molar-refractivity contribution in [2.24, 2.45) is 0 Å². The van der Waals surface area contributed by atoms with Crippen molar-refractivity contribution >= 4 is 33.6 Å². The Bertz CT molecular complexity index is 622. The Morgan fingerprint density at radius 3 is 2.55 bits per heavy atom. The molecule has 0 fully saturated rings. The molecule has 0 atom stereocenters. The van der Waals surface area contributed by atoms with Gasteiger partial charge in [0.05, 0.1) is 9.35 Å². The van der Waals surface area contributed by atoms with Crippen LogP contribution in [-0.4, -0.2) is 6.29 Å². The molecule has 0 saturated carbocycles. The number of thiophene rings is 1. The summed E-state index contributed by atoms with van der Waals surface area (Å²) < 4.78 is 44.8. The SMILES string of the molecule is O=Cc1ccc(OCc2ccc(Br)s2)c(C(F)(F)F)c1. The fraction of sp³-hybridized carbons (Fsp3) is 0.154. The molecular weight excluding hydrogens is 357 g/mol. The van der Waals surface area contributed by atoms with E-state index in [0.29, 0.717) is 6.29 Å². The minimum atomic E-state index is -4.57. The molecule has 0 radical (unpaired) electrons. The number of benzene rings is 1. The average Bonchev–Trinajstić information content (AvgIpc) is 2.81. The van der Waals surface area contributed by atoms with Gasteiger partial charge in [0.25, 0.3) is 0 Å². The van der Waals surface area contributed by atoms with Crippen LogP contribution >= 0.6 is 27.3 Å². The van der Waals surface area contributed by atoms with Crippen LogP contribution in [0.2, 0.25) is 0 Å². The van der Waals surface area contributed by atoms with E-state index in [1.807, 2.05) is 0 Å². The summed E-state index contributed by atoms with van der Waals surface area (Å²) in [6.45, 7) is 0.0415. The molecule has 0 unspecified atom stereocenters. The minimum Gasteiger partial charge on any atom is -0.487 e. The van der Waals surface area contributed by atoms with Crippen molar-refractivity contribution in [3.63, 3.8) is 0 Å². The lowest BCUT2D eigenvalue weighted by Gasteiger charge is -2.13. The number of rotatable bonds is 4. The molecular formula is C13H8BrF3O2S.